The molecule has 0 radical (unpaired) electrons. The summed E-state index contributed by atoms with van der Waals surface area (Å²) in [5, 5.41) is 3.21. The molecule has 182 valence electrons. The number of hydrogen-bond donors (Lipinski definition) is 1. The van der Waals surface area contributed by atoms with Crippen molar-refractivity contribution in [3.8, 4) is 11.4 Å². The lowest BCUT2D eigenvalue weighted by atomic mass is 9.76. The molecule has 11 heteroatoms. The first-order valence-electron chi connectivity index (χ1n) is 11.3. The highest BCUT2D eigenvalue weighted by Gasteiger charge is 2.42. The summed E-state index contributed by atoms with van der Waals surface area (Å²) in [6.45, 7) is 0.807. The number of halogens is 4. The van der Waals surface area contributed by atoms with Crippen LogP contribution in [-0.4, -0.2) is 55.8 Å². The highest BCUT2D eigenvalue weighted by molar-refractivity contribution is 6.03. The van der Waals surface area contributed by atoms with E-state index in [9.17, 15) is 22.4 Å². The lowest BCUT2D eigenvalue weighted by Crippen LogP contribution is -2.59. The zero-order valence-electron chi connectivity index (χ0n) is 18.5. The minimum Gasteiger partial charge on any atom is -0.364 e. The average molecular weight is 486 g/mol. The van der Waals surface area contributed by atoms with E-state index < -0.39 is 17.7 Å². The Morgan fingerprint density at radius 3 is 2.54 bits per heavy atom. The van der Waals surface area contributed by atoms with Gasteiger partial charge in [-0.15, -0.1) is 0 Å². The summed E-state index contributed by atoms with van der Waals surface area (Å²) < 4.78 is 53.0. The van der Waals surface area contributed by atoms with Gasteiger partial charge in [-0.05, 0) is 37.3 Å². The molecule has 1 aromatic carbocycles. The molecule has 2 aliphatic heterocycles. The molecule has 1 aliphatic carbocycles. The SMILES string of the molecule is O=C(CN1CC2CCC1C(Nc1cnc(C(F)(F)F)cn1)C2)c1cccc(F)c1-c1ncccn1. The van der Waals surface area contributed by atoms with Gasteiger partial charge < -0.3 is 5.32 Å². The Morgan fingerprint density at radius 1 is 1.06 bits per heavy atom. The van der Waals surface area contributed by atoms with Crippen LogP contribution in [0.3, 0.4) is 0 Å². The van der Waals surface area contributed by atoms with Crippen molar-refractivity contribution in [2.24, 2.45) is 5.92 Å². The second-order valence-electron chi connectivity index (χ2n) is 8.87. The van der Waals surface area contributed by atoms with Gasteiger partial charge in [0.25, 0.3) is 0 Å². The number of piperidine rings is 2. The Morgan fingerprint density at radius 2 is 1.86 bits per heavy atom. The fraction of sp³-hybridized carbons (Fsp3) is 0.375. The lowest BCUT2D eigenvalue weighted by Gasteiger charge is -2.50. The minimum absolute atomic E-state index is 0.0157. The molecular formula is C24H22F4N6O. The van der Waals surface area contributed by atoms with Crippen molar-refractivity contribution >= 4 is 11.6 Å². The van der Waals surface area contributed by atoms with Crippen molar-refractivity contribution in [3.05, 3.63) is 66.1 Å². The van der Waals surface area contributed by atoms with E-state index in [4.69, 9.17) is 0 Å². The normalized spacial score (nSPS) is 22.2. The number of ketones is 1. The van der Waals surface area contributed by atoms with Gasteiger partial charge >= 0.3 is 6.18 Å². The van der Waals surface area contributed by atoms with Crippen molar-refractivity contribution in [1.82, 2.24) is 24.8 Å². The van der Waals surface area contributed by atoms with Crippen molar-refractivity contribution in [1.29, 1.82) is 0 Å². The fourth-order valence-electron chi connectivity index (χ4n) is 5.07. The predicted octanol–water partition coefficient (Wildman–Crippen LogP) is 4.24. The molecule has 1 saturated carbocycles. The number of carbonyl (C=O) groups excluding carboxylic acids is 1. The molecule has 3 atom stereocenters. The van der Waals surface area contributed by atoms with E-state index in [1.807, 2.05) is 0 Å². The van der Waals surface area contributed by atoms with Gasteiger partial charge in [0.2, 0.25) is 0 Å². The van der Waals surface area contributed by atoms with Gasteiger partial charge in [-0.25, -0.2) is 24.3 Å². The monoisotopic (exact) mass is 486 g/mol. The third-order valence-corrected chi connectivity index (χ3v) is 6.61. The van der Waals surface area contributed by atoms with E-state index in [1.54, 1.807) is 12.1 Å². The molecule has 2 bridgehead atoms. The van der Waals surface area contributed by atoms with Gasteiger partial charge in [0.05, 0.1) is 24.5 Å². The van der Waals surface area contributed by atoms with Crippen LogP contribution in [0.1, 0.15) is 35.3 Å². The zero-order valence-corrected chi connectivity index (χ0v) is 18.5. The Kier molecular flexibility index (Phi) is 6.18. The van der Waals surface area contributed by atoms with Gasteiger partial charge in [0, 0.05) is 36.6 Å². The first-order valence-corrected chi connectivity index (χ1v) is 11.3. The van der Waals surface area contributed by atoms with Crippen molar-refractivity contribution in [3.63, 3.8) is 0 Å². The Labute approximate surface area is 198 Å². The molecule has 6 rings (SSSR count). The Bertz CT molecular complexity index is 1200. The van der Waals surface area contributed by atoms with E-state index in [2.05, 4.69) is 30.2 Å². The van der Waals surface area contributed by atoms with Gasteiger partial charge in [-0.3, -0.25) is 9.69 Å². The highest BCUT2D eigenvalue weighted by Crippen LogP contribution is 2.37. The first kappa shape index (κ1) is 23.3. The molecule has 0 spiro atoms. The van der Waals surface area contributed by atoms with Crippen LogP contribution in [0.15, 0.2) is 49.1 Å². The number of aromatic nitrogens is 4. The number of nitrogens with one attached hydrogen (secondary N) is 1. The number of carbonyl (C=O) groups is 1. The molecule has 3 aromatic rings. The van der Waals surface area contributed by atoms with Crippen molar-refractivity contribution in [2.45, 2.75) is 37.5 Å². The van der Waals surface area contributed by atoms with Gasteiger partial charge in [0.1, 0.15) is 11.6 Å². The molecule has 3 aliphatic rings. The van der Waals surface area contributed by atoms with Crippen molar-refractivity contribution in [2.75, 3.05) is 18.4 Å². The van der Waals surface area contributed by atoms with Crippen LogP contribution in [0, 0.1) is 11.7 Å². The standard InChI is InChI=1S/C24H22F4N6O/c25-16-4-1-3-15(22(16)23-29-7-2-8-30-23)19(35)13-34-12-14-5-6-18(34)17(9-14)33-21-11-31-20(10-32-21)24(26,27)28/h1-4,7-8,10-11,14,17-18H,5-6,9,12-13H2,(H,32,33). The smallest absolute Gasteiger partial charge is 0.364 e. The molecular weight excluding hydrogens is 464 g/mol. The van der Waals surface area contributed by atoms with E-state index in [1.165, 1.54) is 24.5 Å². The molecule has 4 heterocycles. The number of nitrogens with zero attached hydrogens (tertiary/aromatic N) is 5. The number of alkyl halides is 3. The molecule has 1 N–H and O–H groups in total. The summed E-state index contributed by atoms with van der Waals surface area (Å²) in [6, 6.07) is 5.85. The Hall–Kier alpha value is -3.47. The quantitative estimate of drug-likeness (QED) is 0.412. The maximum atomic E-state index is 14.7. The zero-order chi connectivity index (χ0) is 24.6. The molecule has 7 nitrogen and oxygen atoms in total. The van der Waals surface area contributed by atoms with E-state index in [-0.39, 0.29) is 47.2 Å². The molecule has 3 unspecified atom stereocenters. The largest absolute Gasteiger partial charge is 0.434 e. The lowest BCUT2D eigenvalue weighted by molar-refractivity contribution is -0.141. The van der Waals surface area contributed by atoms with Crippen LogP contribution in [0.4, 0.5) is 23.4 Å². The minimum atomic E-state index is -4.55. The second kappa shape index (κ2) is 9.29. The third kappa shape index (κ3) is 4.86. The molecule has 35 heavy (non-hydrogen) atoms. The van der Waals surface area contributed by atoms with E-state index >= 15 is 0 Å². The Balaban J connectivity index is 1.33. The average Bonchev–Trinajstić information content (AvgIpc) is 2.84. The number of rotatable bonds is 6. The summed E-state index contributed by atoms with van der Waals surface area (Å²) in [5.74, 6) is -0.0719. The summed E-state index contributed by atoms with van der Waals surface area (Å²) >= 11 is 0. The van der Waals surface area contributed by atoms with E-state index in [0.717, 1.165) is 32.0 Å². The molecule has 2 saturated heterocycles. The number of hydrogen-bond acceptors (Lipinski definition) is 7. The summed E-state index contributed by atoms with van der Waals surface area (Å²) in [6.07, 6.45) is 2.90. The third-order valence-electron chi connectivity index (χ3n) is 6.61. The maximum absolute atomic E-state index is 14.7. The number of benzene rings is 1. The maximum Gasteiger partial charge on any atom is 0.434 e. The molecule has 2 aromatic heterocycles. The number of fused-ring (bicyclic) bond motifs is 3. The van der Waals surface area contributed by atoms with Gasteiger partial charge in [-0.2, -0.15) is 13.2 Å². The van der Waals surface area contributed by atoms with Gasteiger partial charge in [0.15, 0.2) is 17.3 Å². The van der Waals surface area contributed by atoms with Crippen molar-refractivity contribution < 1.29 is 22.4 Å². The predicted molar refractivity (Wildman–Crippen MR) is 119 cm³/mol. The summed E-state index contributed by atoms with van der Waals surface area (Å²) in [4.78, 5) is 30.9. The van der Waals surface area contributed by atoms with Crippen LogP contribution >= 0.6 is 0 Å². The van der Waals surface area contributed by atoms with Crippen LogP contribution in [0.5, 0.6) is 0 Å². The van der Waals surface area contributed by atoms with E-state index in [0.29, 0.717) is 12.1 Å². The van der Waals surface area contributed by atoms with Crippen LogP contribution < -0.4 is 5.32 Å². The van der Waals surface area contributed by atoms with Crippen LogP contribution in [0.25, 0.3) is 11.4 Å². The van der Waals surface area contributed by atoms with Crippen LogP contribution in [0.2, 0.25) is 0 Å². The summed E-state index contributed by atoms with van der Waals surface area (Å²) in [7, 11) is 0. The number of Topliss-reactive ketones (excluding diaryl/α,β-unsaturated/α-hetero) is 1. The first-order chi connectivity index (χ1) is 16.8. The highest BCUT2D eigenvalue weighted by atomic mass is 19.4. The fourth-order valence-corrected chi connectivity index (χ4v) is 5.07. The molecule has 0 amide bonds. The number of anilines is 1. The summed E-state index contributed by atoms with van der Waals surface area (Å²) in [5.41, 5.74) is -0.750. The molecule has 3 fully saturated rings. The van der Waals surface area contributed by atoms with Gasteiger partial charge in [-0.1, -0.05) is 12.1 Å². The second-order valence-corrected chi connectivity index (χ2v) is 8.87. The van der Waals surface area contributed by atoms with Crippen LogP contribution in [-0.2, 0) is 6.18 Å². The topological polar surface area (TPSA) is 83.9 Å².